The Morgan fingerprint density at radius 1 is 0.735 bits per heavy atom. The first-order chi connectivity index (χ1) is 16.5. The van der Waals surface area contributed by atoms with Crippen molar-refractivity contribution >= 4 is 23.8 Å². The largest absolute Gasteiger partial charge is 0.449 e. The van der Waals surface area contributed by atoms with E-state index in [0.717, 1.165) is 22.3 Å². The van der Waals surface area contributed by atoms with Gasteiger partial charge in [-0.2, -0.15) is 0 Å². The summed E-state index contributed by atoms with van der Waals surface area (Å²) in [6, 6.07) is 16.0. The maximum Gasteiger partial charge on any atom is 0.407 e. The number of alkyl carbamates (subject to hydrolysis) is 1. The molecule has 2 aromatic carbocycles. The van der Waals surface area contributed by atoms with E-state index in [1.54, 1.807) is 6.92 Å². The van der Waals surface area contributed by atoms with Crippen LogP contribution in [0.1, 0.15) is 24.0 Å². The molecule has 0 radical (unpaired) electrons. The van der Waals surface area contributed by atoms with Crippen LogP contribution in [0.4, 0.5) is 4.79 Å². The summed E-state index contributed by atoms with van der Waals surface area (Å²) in [4.78, 5) is 47.2. The topological polar surface area (TPSA) is 135 Å². The summed E-state index contributed by atoms with van der Waals surface area (Å²) in [7, 11) is 0. The zero-order valence-electron chi connectivity index (χ0n) is 18.9. The van der Waals surface area contributed by atoms with Crippen molar-refractivity contribution in [3.05, 3.63) is 59.7 Å². The van der Waals surface area contributed by atoms with Crippen molar-refractivity contribution in [2.45, 2.75) is 12.8 Å². The van der Waals surface area contributed by atoms with E-state index in [9.17, 15) is 19.2 Å². The monoisotopic (exact) mass is 468 g/mol. The highest BCUT2D eigenvalue weighted by atomic mass is 16.5. The van der Waals surface area contributed by atoms with Crippen LogP contribution >= 0.6 is 0 Å². The highest BCUT2D eigenvalue weighted by Gasteiger charge is 2.29. The van der Waals surface area contributed by atoms with Crippen molar-refractivity contribution in [2.24, 2.45) is 0 Å². The molecule has 0 unspecified atom stereocenters. The number of amides is 4. The van der Waals surface area contributed by atoms with E-state index in [1.165, 1.54) is 0 Å². The summed E-state index contributed by atoms with van der Waals surface area (Å²) in [5, 5.41) is 9.55. The molecule has 0 heterocycles. The van der Waals surface area contributed by atoms with Crippen LogP contribution in [0.15, 0.2) is 48.5 Å². The molecule has 3 rings (SSSR count). The number of fused-ring (bicyclic) bond motifs is 3. The van der Waals surface area contributed by atoms with E-state index >= 15 is 0 Å². The summed E-state index contributed by atoms with van der Waals surface area (Å²) in [6.45, 7) is 1.53. The molecule has 0 aromatic heterocycles. The zero-order chi connectivity index (χ0) is 24.3. The van der Waals surface area contributed by atoms with Gasteiger partial charge >= 0.3 is 6.09 Å². The van der Waals surface area contributed by atoms with Crippen molar-refractivity contribution < 1.29 is 28.7 Å². The molecule has 0 spiro atoms. The Kier molecular flexibility index (Phi) is 8.98. The third kappa shape index (κ3) is 6.79. The predicted molar refractivity (Wildman–Crippen MR) is 124 cm³/mol. The predicted octanol–water partition coefficient (Wildman–Crippen LogP) is 0.868. The third-order valence-corrected chi connectivity index (χ3v) is 5.20. The van der Waals surface area contributed by atoms with Gasteiger partial charge in [0.25, 0.3) is 0 Å². The molecule has 10 heteroatoms. The minimum Gasteiger partial charge on any atom is -0.449 e. The minimum absolute atomic E-state index is 0.0590. The lowest BCUT2D eigenvalue weighted by atomic mass is 9.98. The molecule has 34 heavy (non-hydrogen) atoms. The number of carbonyl (C=O) groups excluding carboxylic acids is 4. The van der Waals surface area contributed by atoms with Gasteiger partial charge < -0.3 is 30.7 Å². The molecule has 0 saturated carbocycles. The van der Waals surface area contributed by atoms with Crippen LogP contribution in [0.5, 0.6) is 0 Å². The van der Waals surface area contributed by atoms with Crippen molar-refractivity contribution in [3.63, 3.8) is 0 Å². The van der Waals surface area contributed by atoms with Crippen LogP contribution in [0, 0.1) is 0 Å². The second kappa shape index (κ2) is 12.4. The SMILES string of the molecule is CCOCNC(=O)CNC(=O)CNC(=O)CNC(=O)OCC1c2ccccc2-c2ccccc21. The van der Waals surface area contributed by atoms with Crippen molar-refractivity contribution in [3.8, 4) is 11.1 Å². The molecular formula is C24H28N4O6. The molecule has 0 aliphatic heterocycles. The van der Waals surface area contributed by atoms with Crippen LogP contribution in [0.3, 0.4) is 0 Å². The highest BCUT2D eigenvalue weighted by Crippen LogP contribution is 2.44. The van der Waals surface area contributed by atoms with E-state index < -0.39 is 23.8 Å². The van der Waals surface area contributed by atoms with Gasteiger partial charge in [-0.1, -0.05) is 48.5 Å². The number of nitrogens with one attached hydrogen (secondary N) is 4. The molecule has 10 nitrogen and oxygen atoms in total. The first-order valence-electron chi connectivity index (χ1n) is 11.0. The van der Waals surface area contributed by atoms with Crippen molar-refractivity contribution in [1.82, 2.24) is 21.3 Å². The van der Waals surface area contributed by atoms with Crippen LogP contribution in [0.2, 0.25) is 0 Å². The Balaban J connectivity index is 1.35. The molecule has 0 saturated heterocycles. The second-order valence-electron chi connectivity index (χ2n) is 7.47. The second-order valence-corrected chi connectivity index (χ2v) is 7.47. The molecule has 1 aliphatic carbocycles. The molecule has 180 valence electrons. The smallest absolute Gasteiger partial charge is 0.407 e. The molecule has 0 fully saturated rings. The fraction of sp³-hybridized carbons (Fsp3) is 0.333. The maximum atomic E-state index is 12.1. The van der Waals surface area contributed by atoms with Gasteiger partial charge in [-0.25, -0.2) is 4.79 Å². The average Bonchev–Trinajstić information content (AvgIpc) is 3.17. The summed E-state index contributed by atoms with van der Waals surface area (Å²) in [6.07, 6.45) is -0.729. The molecule has 0 bridgehead atoms. The molecule has 1 aliphatic rings. The van der Waals surface area contributed by atoms with Crippen molar-refractivity contribution in [1.29, 1.82) is 0 Å². The number of hydrogen-bond acceptors (Lipinski definition) is 6. The lowest BCUT2D eigenvalue weighted by Crippen LogP contribution is -2.44. The van der Waals surface area contributed by atoms with Gasteiger partial charge in [0.2, 0.25) is 17.7 Å². The van der Waals surface area contributed by atoms with Crippen LogP contribution < -0.4 is 21.3 Å². The van der Waals surface area contributed by atoms with Gasteiger partial charge in [-0.05, 0) is 29.2 Å². The summed E-state index contributed by atoms with van der Waals surface area (Å²) < 4.78 is 10.3. The van der Waals surface area contributed by atoms with Gasteiger partial charge in [-0.3, -0.25) is 14.4 Å². The van der Waals surface area contributed by atoms with Crippen LogP contribution in [-0.2, 0) is 23.9 Å². The number of carbonyl (C=O) groups is 4. The standard InChI is InChI=1S/C24H28N4O6/c1-2-33-15-28-23(31)12-26-21(29)11-25-22(30)13-27-24(32)34-14-20-18-9-5-3-7-16(18)17-8-4-6-10-19(17)20/h3-10,20H,2,11-15H2,1H3,(H,25,30)(H,26,29)(H,27,32)(H,28,31). The Hall–Kier alpha value is -3.92. The highest BCUT2D eigenvalue weighted by molar-refractivity contribution is 5.89. The Morgan fingerprint density at radius 2 is 1.24 bits per heavy atom. The minimum atomic E-state index is -0.729. The van der Waals surface area contributed by atoms with E-state index in [2.05, 4.69) is 21.3 Å². The zero-order valence-corrected chi connectivity index (χ0v) is 18.9. The molecule has 4 N–H and O–H groups in total. The molecule has 4 amide bonds. The van der Waals surface area contributed by atoms with Gasteiger partial charge in [0, 0.05) is 12.5 Å². The van der Waals surface area contributed by atoms with E-state index in [-0.39, 0.29) is 38.9 Å². The van der Waals surface area contributed by atoms with E-state index in [4.69, 9.17) is 9.47 Å². The fourth-order valence-electron chi connectivity index (χ4n) is 3.58. The van der Waals surface area contributed by atoms with Gasteiger partial charge in [0.15, 0.2) is 0 Å². The molecule has 0 atom stereocenters. The van der Waals surface area contributed by atoms with Gasteiger partial charge in [-0.15, -0.1) is 0 Å². The van der Waals surface area contributed by atoms with Gasteiger partial charge in [0.1, 0.15) is 19.9 Å². The van der Waals surface area contributed by atoms with Gasteiger partial charge in [0.05, 0.1) is 13.1 Å². The van der Waals surface area contributed by atoms with Crippen molar-refractivity contribution in [2.75, 3.05) is 39.6 Å². The first-order valence-corrected chi connectivity index (χ1v) is 11.0. The lowest BCUT2D eigenvalue weighted by molar-refractivity contribution is -0.128. The summed E-state index contributed by atoms with van der Waals surface area (Å²) >= 11 is 0. The van der Waals surface area contributed by atoms with Crippen LogP contribution in [-0.4, -0.2) is 63.4 Å². The van der Waals surface area contributed by atoms with E-state index in [1.807, 2.05) is 48.5 Å². The Morgan fingerprint density at radius 3 is 1.79 bits per heavy atom. The number of hydrogen-bond donors (Lipinski definition) is 4. The summed E-state index contributed by atoms with van der Waals surface area (Å²) in [5.41, 5.74) is 4.42. The number of benzene rings is 2. The average molecular weight is 469 g/mol. The van der Waals surface area contributed by atoms with Crippen LogP contribution in [0.25, 0.3) is 11.1 Å². The maximum absolute atomic E-state index is 12.1. The lowest BCUT2D eigenvalue weighted by Gasteiger charge is -2.14. The normalized spacial score (nSPS) is 11.7. The Labute approximate surface area is 197 Å². The molecule has 2 aromatic rings. The number of rotatable bonds is 11. The first kappa shape index (κ1) is 24.7. The quantitative estimate of drug-likeness (QED) is 0.286. The fourth-order valence-corrected chi connectivity index (χ4v) is 3.58. The Bertz CT molecular complexity index is 996. The third-order valence-electron chi connectivity index (χ3n) is 5.20. The van der Waals surface area contributed by atoms with E-state index in [0.29, 0.717) is 6.61 Å². The summed E-state index contributed by atoms with van der Waals surface area (Å²) in [5.74, 6) is -1.60. The molecular weight excluding hydrogens is 440 g/mol. The number of ether oxygens (including phenoxy) is 2.